The van der Waals surface area contributed by atoms with Gasteiger partial charge in [-0.3, -0.25) is 4.79 Å². The lowest BCUT2D eigenvalue weighted by atomic mass is 10.1. The molecule has 2 aromatic carbocycles. The summed E-state index contributed by atoms with van der Waals surface area (Å²) >= 11 is 5.92. The van der Waals surface area contributed by atoms with E-state index in [0.29, 0.717) is 41.8 Å². The first-order valence-electron chi connectivity index (χ1n) is 9.07. The summed E-state index contributed by atoms with van der Waals surface area (Å²) in [5.74, 6) is 0.780. The third kappa shape index (κ3) is 4.65. The zero-order valence-corrected chi connectivity index (χ0v) is 16.4. The molecule has 0 aromatic heterocycles. The first-order valence-corrected chi connectivity index (χ1v) is 9.45. The third-order valence-corrected chi connectivity index (χ3v) is 4.82. The highest BCUT2D eigenvalue weighted by molar-refractivity contribution is 6.30. The molecule has 1 amide bonds. The van der Waals surface area contributed by atoms with Crippen molar-refractivity contribution < 1.29 is 14.3 Å². The number of methoxy groups -OCH3 is 1. The number of hydrogen-bond acceptors (Lipinski definition) is 4. The van der Waals surface area contributed by atoms with Gasteiger partial charge in [-0.25, -0.2) is 0 Å². The van der Waals surface area contributed by atoms with Crippen molar-refractivity contribution in [3.8, 4) is 17.6 Å². The number of likely N-dealkylation sites (tertiary alicyclic amines) is 1. The summed E-state index contributed by atoms with van der Waals surface area (Å²) in [5, 5.41) is 10.2. The number of carbonyl (C=O) groups is 1. The van der Waals surface area contributed by atoms with Crippen LogP contribution in [-0.2, 0) is 11.4 Å². The van der Waals surface area contributed by atoms with E-state index in [-0.39, 0.29) is 11.5 Å². The van der Waals surface area contributed by atoms with Crippen LogP contribution in [0.4, 0.5) is 0 Å². The van der Waals surface area contributed by atoms with Crippen molar-refractivity contribution in [1.82, 2.24) is 4.90 Å². The zero-order chi connectivity index (χ0) is 19.9. The molecule has 0 saturated carbocycles. The van der Waals surface area contributed by atoms with Gasteiger partial charge in [-0.05, 0) is 42.7 Å². The highest BCUT2D eigenvalue weighted by Crippen LogP contribution is 2.33. The Morgan fingerprint density at radius 3 is 2.57 bits per heavy atom. The predicted molar refractivity (Wildman–Crippen MR) is 108 cm³/mol. The Kier molecular flexibility index (Phi) is 6.57. The Hall–Kier alpha value is -2.97. The summed E-state index contributed by atoms with van der Waals surface area (Å²) in [7, 11) is 1.55. The number of nitrogens with zero attached hydrogens (tertiary/aromatic N) is 2. The van der Waals surface area contributed by atoms with Gasteiger partial charge >= 0.3 is 0 Å². The van der Waals surface area contributed by atoms with E-state index in [1.165, 1.54) is 0 Å². The number of ether oxygens (including phenoxy) is 2. The quantitative estimate of drug-likeness (QED) is 0.534. The lowest BCUT2D eigenvalue weighted by Crippen LogP contribution is -2.28. The van der Waals surface area contributed by atoms with Crippen molar-refractivity contribution in [1.29, 1.82) is 5.26 Å². The summed E-state index contributed by atoms with van der Waals surface area (Å²) in [6.07, 6.45) is 3.51. The Bertz CT molecular complexity index is 910. The number of para-hydroxylation sites is 1. The van der Waals surface area contributed by atoms with Crippen LogP contribution in [0.3, 0.4) is 0 Å². The van der Waals surface area contributed by atoms with Gasteiger partial charge in [0.1, 0.15) is 18.2 Å². The van der Waals surface area contributed by atoms with Crippen LogP contribution in [0.2, 0.25) is 5.02 Å². The van der Waals surface area contributed by atoms with Crippen LogP contribution in [0.25, 0.3) is 6.08 Å². The van der Waals surface area contributed by atoms with Crippen LogP contribution in [-0.4, -0.2) is 31.0 Å². The molecule has 5 nitrogen and oxygen atoms in total. The Morgan fingerprint density at radius 2 is 1.93 bits per heavy atom. The predicted octanol–water partition coefficient (Wildman–Crippen LogP) is 4.46. The molecule has 0 bridgehead atoms. The molecule has 1 heterocycles. The number of halogens is 1. The molecule has 2 aromatic rings. The second kappa shape index (κ2) is 9.29. The molecule has 0 unspecified atom stereocenters. The Labute approximate surface area is 169 Å². The van der Waals surface area contributed by atoms with Crippen LogP contribution in [0.15, 0.2) is 48.0 Å². The van der Waals surface area contributed by atoms with Crippen molar-refractivity contribution >= 4 is 23.6 Å². The number of benzene rings is 2. The van der Waals surface area contributed by atoms with Crippen LogP contribution < -0.4 is 9.47 Å². The van der Waals surface area contributed by atoms with Crippen LogP contribution in [0, 0.1) is 11.3 Å². The molecule has 0 spiro atoms. The second-order valence-corrected chi connectivity index (χ2v) is 6.90. The van der Waals surface area contributed by atoms with E-state index in [1.54, 1.807) is 48.4 Å². The fourth-order valence-corrected chi connectivity index (χ4v) is 3.21. The van der Waals surface area contributed by atoms with E-state index >= 15 is 0 Å². The standard InChI is InChI=1S/C22H21ClN2O3/c1-27-20-6-4-5-17(13-18(14-24)22(26)25-11-2-3-12-25)21(20)28-15-16-7-9-19(23)10-8-16/h4-10,13H,2-3,11-12,15H2,1H3/b18-13+. The molecule has 1 saturated heterocycles. The molecule has 0 aliphatic carbocycles. The molecule has 28 heavy (non-hydrogen) atoms. The molecule has 0 atom stereocenters. The SMILES string of the molecule is COc1cccc(/C=C(\C#N)C(=O)N2CCCC2)c1OCc1ccc(Cl)cc1. The van der Waals surface area contributed by atoms with E-state index in [4.69, 9.17) is 21.1 Å². The first-order chi connectivity index (χ1) is 13.6. The Morgan fingerprint density at radius 1 is 1.21 bits per heavy atom. The van der Waals surface area contributed by atoms with Gasteiger partial charge in [-0.2, -0.15) is 5.26 Å². The normalized spacial score (nSPS) is 13.9. The molecule has 1 fully saturated rings. The molecular weight excluding hydrogens is 376 g/mol. The van der Waals surface area contributed by atoms with Gasteiger partial charge in [0, 0.05) is 23.7 Å². The van der Waals surface area contributed by atoms with Crippen LogP contribution >= 0.6 is 11.6 Å². The second-order valence-electron chi connectivity index (χ2n) is 6.46. The molecule has 144 valence electrons. The summed E-state index contributed by atoms with van der Waals surface area (Å²) in [4.78, 5) is 14.3. The minimum absolute atomic E-state index is 0.0893. The molecule has 6 heteroatoms. The maximum absolute atomic E-state index is 12.6. The van der Waals surface area contributed by atoms with E-state index in [2.05, 4.69) is 0 Å². The monoisotopic (exact) mass is 396 g/mol. The molecule has 1 aliphatic heterocycles. The van der Waals surface area contributed by atoms with Crippen molar-refractivity contribution in [2.45, 2.75) is 19.4 Å². The summed E-state index contributed by atoms with van der Waals surface area (Å²) in [6.45, 7) is 1.69. The molecule has 3 rings (SSSR count). The van der Waals surface area contributed by atoms with Gasteiger partial charge in [0.2, 0.25) is 0 Å². The molecular formula is C22H21ClN2O3. The van der Waals surface area contributed by atoms with Gasteiger partial charge in [-0.1, -0.05) is 35.9 Å². The lowest BCUT2D eigenvalue weighted by Gasteiger charge is -2.16. The van der Waals surface area contributed by atoms with Crippen LogP contribution in [0.1, 0.15) is 24.0 Å². The van der Waals surface area contributed by atoms with Crippen LogP contribution in [0.5, 0.6) is 11.5 Å². The van der Waals surface area contributed by atoms with E-state index in [9.17, 15) is 10.1 Å². The maximum atomic E-state index is 12.6. The number of rotatable bonds is 6. The average Bonchev–Trinajstić information content (AvgIpc) is 3.26. The fraction of sp³-hybridized carbons (Fsp3) is 0.273. The third-order valence-electron chi connectivity index (χ3n) is 4.57. The van der Waals surface area contributed by atoms with Gasteiger partial charge < -0.3 is 14.4 Å². The van der Waals surface area contributed by atoms with E-state index < -0.39 is 0 Å². The summed E-state index contributed by atoms with van der Waals surface area (Å²) in [5.41, 5.74) is 1.66. The number of nitriles is 1. The highest BCUT2D eigenvalue weighted by atomic mass is 35.5. The van der Waals surface area contributed by atoms with Gasteiger partial charge in [0.05, 0.1) is 7.11 Å². The largest absolute Gasteiger partial charge is 0.493 e. The molecule has 0 N–H and O–H groups in total. The van der Waals surface area contributed by atoms with Crippen molar-refractivity contribution in [2.75, 3.05) is 20.2 Å². The van der Waals surface area contributed by atoms with E-state index in [0.717, 1.165) is 18.4 Å². The molecule has 0 radical (unpaired) electrons. The lowest BCUT2D eigenvalue weighted by molar-refractivity contribution is -0.125. The van der Waals surface area contributed by atoms with Gasteiger partial charge in [-0.15, -0.1) is 0 Å². The van der Waals surface area contributed by atoms with Gasteiger partial charge in [0.15, 0.2) is 11.5 Å². The maximum Gasteiger partial charge on any atom is 0.264 e. The Balaban J connectivity index is 1.88. The number of hydrogen-bond donors (Lipinski definition) is 0. The van der Waals surface area contributed by atoms with Crippen molar-refractivity contribution in [2.24, 2.45) is 0 Å². The van der Waals surface area contributed by atoms with Crippen molar-refractivity contribution in [3.63, 3.8) is 0 Å². The molecule has 1 aliphatic rings. The zero-order valence-electron chi connectivity index (χ0n) is 15.7. The van der Waals surface area contributed by atoms with E-state index in [1.807, 2.05) is 18.2 Å². The fourth-order valence-electron chi connectivity index (χ4n) is 3.09. The van der Waals surface area contributed by atoms with Crippen molar-refractivity contribution in [3.05, 3.63) is 64.2 Å². The topological polar surface area (TPSA) is 62.6 Å². The average molecular weight is 397 g/mol. The first kappa shape index (κ1) is 19.8. The smallest absolute Gasteiger partial charge is 0.264 e. The minimum atomic E-state index is -0.244. The number of amides is 1. The minimum Gasteiger partial charge on any atom is -0.493 e. The summed E-state index contributed by atoms with van der Waals surface area (Å²) in [6, 6.07) is 14.8. The van der Waals surface area contributed by atoms with Gasteiger partial charge in [0.25, 0.3) is 5.91 Å². The highest BCUT2D eigenvalue weighted by Gasteiger charge is 2.22. The summed E-state index contributed by atoms with van der Waals surface area (Å²) < 4.78 is 11.4. The number of carbonyl (C=O) groups excluding carboxylic acids is 1.